The maximum Gasteiger partial charge on any atom is 2.00 e. The van der Waals surface area contributed by atoms with E-state index in [1.807, 2.05) is 182 Å². The van der Waals surface area contributed by atoms with E-state index in [0.29, 0.717) is 0 Å². The monoisotopic (exact) mass is 966 g/mol. The maximum absolute atomic E-state index is 12.4. The molecule has 12 rings (SSSR count). The molecule has 0 aromatic heterocycles. The van der Waals surface area contributed by atoms with E-state index in [4.69, 9.17) is 0 Å². The third-order valence-corrected chi connectivity index (χ3v) is 13.8. The smallest absolute Gasteiger partial charge is 0.480 e. The Morgan fingerprint density at radius 2 is 0.542 bits per heavy atom. The minimum atomic E-state index is -1.20. The van der Waals surface area contributed by atoms with Gasteiger partial charge in [0, 0.05) is 0 Å². The number of carboxylic acids is 2. The second-order valence-corrected chi connectivity index (χ2v) is 17.7. The van der Waals surface area contributed by atoms with Gasteiger partial charge in [0.1, 0.15) is 10.8 Å². The van der Waals surface area contributed by atoms with E-state index in [-0.39, 0.29) is 21.7 Å². The molecule has 0 bridgehead atoms. The van der Waals surface area contributed by atoms with Crippen LogP contribution in [0.15, 0.2) is 279 Å². The van der Waals surface area contributed by atoms with Gasteiger partial charge in [-0.3, -0.25) is 9.59 Å². The van der Waals surface area contributed by atoms with Crippen LogP contribution in [0.3, 0.4) is 0 Å². The zero-order chi connectivity index (χ0) is 48.6. The summed E-state index contributed by atoms with van der Waals surface area (Å²) in [5.74, 6) is -1.76. The summed E-state index contributed by atoms with van der Waals surface area (Å²) in [6, 6.07) is 91.8. The van der Waals surface area contributed by atoms with Crippen LogP contribution in [-0.4, -0.2) is 22.2 Å². The second-order valence-electron chi connectivity index (χ2n) is 17.7. The molecule has 72 heavy (non-hydrogen) atoms. The van der Waals surface area contributed by atoms with Gasteiger partial charge in [0.2, 0.25) is 0 Å². The van der Waals surface area contributed by atoms with E-state index in [9.17, 15) is 19.8 Å². The largest absolute Gasteiger partial charge is 2.00 e. The molecule has 5 heteroatoms. The third kappa shape index (κ3) is 9.11. The Kier molecular flexibility index (Phi) is 14.7. The molecule has 0 aliphatic rings. The van der Waals surface area contributed by atoms with Crippen molar-refractivity contribution in [2.45, 2.75) is 17.3 Å². The van der Waals surface area contributed by atoms with Crippen LogP contribution in [0.1, 0.15) is 44.5 Å². The number of carboxylic acid groups (broad SMARTS) is 2. The SMILES string of the molecule is O=C(O)C(c1ccccc1)(c1ccccc1)c1ccccc1.O=C(O)C(c1ccccc1)(c1ccccc1)c1ccccc1.[Ti+2].c1ccc2c(c1)[cH-]c1c(Cc3cccc4c3[cH-]c3ccccc34)cccc12. The molecule has 0 aliphatic carbocycles. The van der Waals surface area contributed by atoms with Crippen molar-refractivity contribution in [1.82, 2.24) is 0 Å². The first kappa shape index (κ1) is 48.6. The zero-order valence-electron chi connectivity index (χ0n) is 39.5. The van der Waals surface area contributed by atoms with Crippen molar-refractivity contribution in [1.29, 1.82) is 0 Å². The molecule has 0 radical (unpaired) electrons. The van der Waals surface area contributed by atoms with Crippen LogP contribution in [-0.2, 0) is 48.6 Å². The normalized spacial score (nSPS) is 11.2. The summed E-state index contributed by atoms with van der Waals surface area (Å²) >= 11 is 0. The second kappa shape index (κ2) is 21.7. The number of aliphatic carboxylic acids is 2. The molecule has 0 spiro atoms. The van der Waals surface area contributed by atoms with Gasteiger partial charge in [-0.2, -0.15) is 0 Å². The van der Waals surface area contributed by atoms with Crippen molar-refractivity contribution in [2.75, 3.05) is 0 Å². The number of carbonyl (C=O) groups is 2. The number of hydrogen-bond acceptors (Lipinski definition) is 2. The molecule has 0 aliphatic heterocycles. The minimum Gasteiger partial charge on any atom is -0.480 e. The fourth-order valence-corrected chi connectivity index (χ4v) is 10.5. The van der Waals surface area contributed by atoms with Gasteiger partial charge in [-0.05, 0) is 33.4 Å². The van der Waals surface area contributed by atoms with Gasteiger partial charge in [-0.15, -0.1) is 78.5 Å². The predicted octanol–water partition coefficient (Wildman–Crippen LogP) is 15.5. The Morgan fingerprint density at radius 3 is 0.806 bits per heavy atom. The average molecular weight is 967 g/mol. The minimum absolute atomic E-state index is 0. The Balaban J connectivity index is 0.000000134. The number of benzene rings is 10. The molecule has 0 heterocycles. The third-order valence-electron chi connectivity index (χ3n) is 13.8. The van der Waals surface area contributed by atoms with Crippen molar-refractivity contribution in [3.8, 4) is 0 Å². The summed E-state index contributed by atoms with van der Waals surface area (Å²) in [5, 5.41) is 31.2. The average Bonchev–Trinajstić information content (AvgIpc) is 4.01. The Hall–Kier alpha value is -8.41. The van der Waals surface area contributed by atoms with E-state index in [1.54, 1.807) is 0 Å². The van der Waals surface area contributed by atoms with Crippen molar-refractivity contribution < 1.29 is 41.5 Å². The van der Waals surface area contributed by atoms with Crippen LogP contribution in [0.2, 0.25) is 0 Å². The van der Waals surface area contributed by atoms with Crippen LogP contribution in [0.25, 0.3) is 43.1 Å². The summed E-state index contributed by atoms with van der Waals surface area (Å²) < 4.78 is 0. The molecule has 346 valence electrons. The molecule has 12 aromatic rings. The predicted molar refractivity (Wildman–Crippen MR) is 291 cm³/mol. The molecule has 0 atom stereocenters. The van der Waals surface area contributed by atoms with E-state index in [1.165, 1.54) is 54.2 Å². The fraction of sp³-hybridized carbons (Fsp3) is 0.0448. The summed E-state index contributed by atoms with van der Waals surface area (Å²) in [7, 11) is 0. The van der Waals surface area contributed by atoms with Crippen LogP contribution in [0, 0.1) is 0 Å². The van der Waals surface area contributed by atoms with Gasteiger partial charge in [0.05, 0.1) is 0 Å². The molecule has 0 saturated heterocycles. The van der Waals surface area contributed by atoms with Gasteiger partial charge in [-0.1, -0.05) is 261 Å². The van der Waals surface area contributed by atoms with E-state index < -0.39 is 22.8 Å². The molecule has 0 unspecified atom stereocenters. The van der Waals surface area contributed by atoms with Crippen LogP contribution in [0.4, 0.5) is 0 Å². The Bertz CT molecular complexity index is 3280. The first-order valence-electron chi connectivity index (χ1n) is 23.8. The number of fused-ring (bicyclic) bond motifs is 6. The topological polar surface area (TPSA) is 74.6 Å². The summed E-state index contributed by atoms with van der Waals surface area (Å²) in [6.45, 7) is 0. The molecule has 12 aromatic carbocycles. The molecule has 0 saturated carbocycles. The molecular weight excluding hydrogens is 917 g/mol. The fourth-order valence-electron chi connectivity index (χ4n) is 10.5. The molecule has 2 N–H and O–H groups in total. The van der Waals surface area contributed by atoms with Gasteiger partial charge < -0.3 is 10.2 Å². The van der Waals surface area contributed by atoms with Crippen molar-refractivity contribution in [2.24, 2.45) is 0 Å². The van der Waals surface area contributed by atoms with E-state index in [0.717, 1.165) is 39.8 Å². The summed E-state index contributed by atoms with van der Waals surface area (Å²) in [4.78, 5) is 24.8. The Labute approximate surface area is 434 Å². The van der Waals surface area contributed by atoms with Crippen molar-refractivity contribution in [3.63, 3.8) is 0 Å². The van der Waals surface area contributed by atoms with Gasteiger partial charge in [-0.25, -0.2) is 0 Å². The molecule has 0 fully saturated rings. The van der Waals surface area contributed by atoms with Crippen LogP contribution in [0.5, 0.6) is 0 Å². The Morgan fingerprint density at radius 1 is 0.306 bits per heavy atom. The maximum atomic E-state index is 12.4. The van der Waals surface area contributed by atoms with Crippen LogP contribution < -0.4 is 0 Å². The zero-order valence-corrected chi connectivity index (χ0v) is 41.0. The van der Waals surface area contributed by atoms with Crippen molar-refractivity contribution in [3.05, 3.63) is 324 Å². The first-order chi connectivity index (χ1) is 34.9. The van der Waals surface area contributed by atoms with E-state index in [2.05, 4.69) is 97.1 Å². The summed E-state index contributed by atoms with van der Waals surface area (Å²) in [6.07, 6.45) is 0.960. The first-order valence-corrected chi connectivity index (χ1v) is 23.8. The quantitative estimate of drug-likeness (QED) is 0.0813. The van der Waals surface area contributed by atoms with E-state index >= 15 is 0 Å². The van der Waals surface area contributed by atoms with Gasteiger partial charge in [0.25, 0.3) is 0 Å². The van der Waals surface area contributed by atoms with Gasteiger partial charge in [0.15, 0.2) is 0 Å². The number of hydrogen-bond donors (Lipinski definition) is 2. The molecule has 4 nitrogen and oxygen atoms in total. The van der Waals surface area contributed by atoms with Crippen LogP contribution >= 0.6 is 0 Å². The van der Waals surface area contributed by atoms with Gasteiger partial charge >= 0.3 is 33.7 Å². The van der Waals surface area contributed by atoms with Crippen molar-refractivity contribution >= 4 is 55.0 Å². The standard InChI is InChI=1S/C27H18.2C20H16O2.Ti/c1-3-11-22-20(7-1)16-26-18(9-5-13-24(22)26)15-19-10-6-14-25-23-12-4-2-8-21(23)17-27(19)25;2*21-19(22)20(16-10-4-1-5-11-16,17-12-6-2-7-13-17)18-14-8-3-9-15-18;/h1-14,16-17H,15H2;2*1-15H,(H,21,22);/q-2;;;+2. The molecule has 0 amide bonds. The number of rotatable bonds is 10. The summed E-state index contributed by atoms with van der Waals surface area (Å²) in [5.41, 5.74) is 4.90. The molecular formula is C67H50O4Ti.